The van der Waals surface area contributed by atoms with Crippen molar-refractivity contribution in [3.8, 4) is 0 Å². The van der Waals surface area contributed by atoms with Gasteiger partial charge in [0.15, 0.2) is 0 Å². The number of carboxylic acids is 1. The van der Waals surface area contributed by atoms with Crippen LogP contribution in [-0.2, 0) is 10.0 Å². The number of hydrogen-bond donors (Lipinski definition) is 2. The minimum Gasteiger partial charge on any atom is -0.480 e. The number of carboxylic acid groups (broad SMARTS) is 1. The molecule has 0 atom stereocenters. The Morgan fingerprint density at radius 3 is 1.80 bits per heavy atom. The second kappa shape index (κ2) is 3.17. The molecule has 3 N–H and O–H groups in total. The van der Waals surface area contributed by atoms with Crippen LogP contribution in [0.3, 0.4) is 0 Å². The number of piperidine rings is 1. The fourth-order valence-electron chi connectivity index (χ4n) is 2.72. The summed E-state index contributed by atoms with van der Waals surface area (Å²) < 4.78 is 0. The first-order valence-electron chi connectivity index (χ1n) is 5.01. The van der Waals surface area contributed by atoms with Crippen molar-refractivity contribution in [1.82, 2.24) is 5.06 Å². The number of carbonyl (C=O) groups is 1. The van der Waals surface area contributed by atoms with Crippen LogP contribution in [0.15, 0.2) is 0 Å². The lowest BCUT2D eigenvalue weighted by Crippen LogP contribution is -2.68. The van der Waals surface area contributed by atoms with Crippen LogP contribution in [0.1, 0.15) is 40.5 Å². The van der Waals surface area contributed by atoms with Gasteiger partial charge in [0.1, 0.15) is 5.54 Å². The van der Waals surface area contributed by atoms with Crippen molar-refractivity contribution in [1.29, 1.82) is 0 Å². The van der Waals surface area contributed by atoms with E-state index in [0.717, 1.165) is 5.06 Å². The third-order valence-corrected chi connectivity index (χ3v) is 3.02. The zero-order valence-corrected chi connectivity index (χ0v) is 9.70. The van der Waals surface area contributed by atoms with Gasteiger partial charge in [-0.3, -0.25) is 4.79 Å². The Kier molecular flexibility index (Phi) is 2.62. The molecular formula is C10H19N2O3. The van der Waals surface area contributed by atoms with Crippen LogP contribution < -0.4 is 5.73 Å². The van der Waals surface area contributed by atoms with Crippen molar-refractivity contribution >= 4 is 5.97 Å². The van der Waals surface area contributed by atoms with E-state index in [1.165, 1.54) is 0 Å². The molecule has 0 aromatic rings. The third kappa shape index (κ3) is 2.00. The van der Waals surface area contributed by atoms with Gasteiger partial charge in [0.2, 0.25) is 0 Å². The molecular weight excluding hydrogens is 196 g/mol. The lowest BCUT2D eigenvalue weighted by Gasteiger charge is -2.52. The molecule has 1 rings (SSSR count). The highest BCUT2D eigenvalue weighted by Gasteiger charge is 2.54. The van der Waals surface area contributed by atoms with E-state index in [9.17, 15) is 10.0 Å². The summed E-state index contributed by atoms with van der Waals surface area (Å²) in [4.78, 5) is 11.1. The predicted octanol–water partition coefficient (Wildman–Crippen LogP) is 0.767. The number of nitrogens with zero attached hydrogens (tertiary/aromatic N) is 1. The maximum absolute atomic E-state index is 11.9. The van der Waals surface area contributed by atoms with E-state index in [1.807, 2.05) is 0 Å². The molecule has 15 heavy (non-hydrogen) atoms. The molecule has 0 spiro atoms. The van der Waals surface area contributed by atoms with Crippen LogP contribution in [-0.4, -0.2) is 32.8 Å². The van der Waals surface area contributed by atoms with Gasteiger partial charge in [0.05, 0.1) is 0 Å². The van der Waals surface area contributed by atoms with Crippen molar-refractivity contribution in [3.05, 3.63) is 0 Å². The lowest BCUT2D eigenvalue weighted by atomic mass is 9.71. The van der Waals surface area contributed by atoms with Crippen molar-refractivity contribution < 1.29 is 15.1 Å². The first kappa shape index (κ1) is 12.4. The Bertz CT molecular complexity index is 268. The molecule has 87 valence electrons. The van der Waals surface area contributed by atoms with Gasteiger partial charge in [-0.2, -0.15) is 0 Å². The van der Waals surface area contributed by atoms with E-state index in [1.54, 1.807) is 27.7 Å². The van der Waals surface area contributed by atoms with E-state index >= 15 is 0 Å². The Labute approximate surface area is 89.8 Å². The van der Waals surface area contributed by atoms with Crippen LogP contribution in [0.2, 0.25) is 0 Å². The summed E-state index contributed by atoms with van der Waals surface area (Å²) in [6.45, 7) is 6.91. The predicted molar refractivity (Wildman–Crippen MR) is 54.5 cm³/mol. The Morgan fingerprint density at radius 1 is 1.20 bits per heavy atom. The Balaban J connectivity index is 3.09. The topological polar surface area (TPSA) is 86.5 Å². The number of hydroxylamine groups is 2. The molecule has 0 bridgehead atoms. The Morgan fingerprint density at radius 2 is 1.53 bits per heavy atom. The van der Waals surface area contributed by atoms with E-state index in [0.29, 0.717) is 0 Å². The molecule has 0 unspecified atom stereocenters. The number of hydrogen-bond acceptors (Lipinski definition) is 3. The summed E-state index contributed by atoms with van der Waals surface area (Å²) in [6, 6.07) is 0. The van der Waals surface area contributed by atoms with E-state index in [2.05, 4.69) is 0 Å². The van der Waals surface area contributed by atoms with Gasteiger partial charge >= 0.3 is 5.97 Å². The quantitative estimate of drug-likeness (QED) is 0.676. The average Bonchev–Trinajstić information content (AvgIpc) is 1.98. The molecule has 1 fully saturated rings. The first-order valence-corrected chi connectivity index (χ1v) is 5.01. The standard InChI is InChI=1S/C10H19N2O3/c1-8(2)5-10(11,7(13)14)6-9(3,4)12(8)15/h5-6,11H2,1-4H3,(H,13,14). The molecule has 1 radical (unpaired) electrons. The van der Waals surface area contributed by atoms with Gasteiger partial charge in [-0.1, -0.05) is 0 Å². The average molecular weight is 215 g/mol. The van der Waals surface area contributed by atoms with Gasteiger partial charge in [-0.05, 0) is 40.5 Å². The molecule has 0 aromatic heterocycles. The van der Waals surface area contributed by atoms with Gasteiger partial charge in [-0.15, -0.1) is 10.3 Å². The lowest BCUT2D eigenvalue weighted by molar-refractivity contribution is -0.295. The largest absolute Gasteiger partial charge is 0.480 e. The maximum atomic E-state index is 11.9. The Hall–Kier alpha value is -0.650. The SMILES string of the molecule is CC1(C)CC(N)(C(=O)O)CC(C)(C)N1[O]. The second-order valence-electron chi connectivity index (χ2n) is 5.73. The summed E-state index contributed by atoms with van der Waals surface area (Å²) in [6.07, 6.45) is 0.338. The first-order chi connectivity index (χ1) is 6.51. The van der Waals surface area contributed by atoms with Crippen LogP contribution in [0, 0.1) is 0 Å². The van der Waals surface area contributed by atoms with Crippen LogP contribution in [0.5, 0.6) is 0 Å². The van der Waals surface area contributed by atoms with Gasteiger partial charge in [0.25, 0.3) is 0 Å². The molecule has 0 amide bonds. The third-order valence-electron chi connectivity index (χ3n) is 3.02. The van der Waals surface area contributed by atoms with Crippen molar-refractivity contribution in [3.63, 3.8) is 0 Å². The molecule has 1 aliphatic rings. The second-order valence-corrected chi connectivity index (χ2v) is 5.73. The van der Waals surface area contributed by atoms with Crippen molar-refractivity contribution in [2.24, 2.45) is 5.73 Å². The van der Waals surface area contributed by atoms with Gasteiger partial charge in [0, 0.05) is 11.1 Å². The highest BCUT2D eigenvalue weighted by Crippen LogP contribution is 2.41. The minimum absolute atomic E-state index is 0.169. The molecule has 0 saturated carbocycles. The number of nitrogens with two attached hydrogens (primary N) is 1. The summed E-state index contributed by atoms with van der Waals surface area (Å²) in [5.74, 6) is -1.03. The normalized spacial score (nSPS) is 28.7. The molecule has 1 aliphatic heterocycles. The molecule has 5 heteroatoms. The van der Waals surface area contributed by atoms with Crippen LogP contribution in [0.25, 0.3) is 0 Å². The van der Waals surface area contributed by atoms with Gasteiger partial charge in [-0.25, -0.2) is 0 Å². The molecule has 0 aliphatic carbocycles. The highest BCUT2D eigenvalue weighted by atomic mass is 16.5. The maximum Gasteiger partial charge on any atom is 0.323 e. The molecule has 5 nitrogen and oxygen atoms in total. The van der Waals surface area contributed by atoms with E-state index in [-0.39, 0.29) is 12.8 Å². The van der Waals surface area contributed by atoms with Gasteiger partial charge < -0.3 is 10.8 Å². The molecule has 1 saturated heterocycles. The fourth-order valence-corrected chi connectivity index (χ4v) is 2.72. The van der Waals surface area contributed by atoms with E-state index < -0.39 is 22.6 Å². The number of aliphatic carboxylic acids is 1. The van der Waals surface area contributed by atoms with Crippen molar-refractivity contribution in [2.75, 3.05) is 0 Å². The molecule has 1 heterocycles. The van der Waals surface area contributed by atoms with Crippen LogP contribution >= 0.6 is 0 Å². The van der Waals surface area contributed by atoms with Crippen molar-refractivity contribution in [2.45, 2.75) is 57.2 Å². The van der Waals surface area contributed by atoms with E-state index in [4.69, 9.17) is 10.8 Å². The highest BCUT2D eigenvalue weighted by molar-refractivity contribution is 5.79. The smallest absolute Gasteiger partial charge is 0.323 e. The minimum atomic E-state index is -1.30. The summed E-state index contributed by atoms with van der Waals surface area (Å²) in [5, 5.41) is 22.0. The fraction of sp³-hybridized carbons (Fsp3) is 0.900. The van der Waals surface area contributed by atoms with Crippen LogP contribution in [0.4, 0.5) is 0 Å². The monoisotopic (exact) mass is 215 g/mol. The summed E-state index contributed by atoms with van der Waals surface area (Å²) in [7, 11) is 0. The summed E-state index contributed by atoms with van der Waals surface area (Å²) >= 11 is 0. The summed E-state index contributed by atoms with van der Waals surface area (Å²) in [5.41, 5.74) is 3.07. The number of rotatable bonds is 1. The zero-order chi connectivity index (χ0) is 12.1. The zero-order valence-electron chi connectivity index (χ0n) is 9.70. The molecule has 0 aromatic carbocycles.